The molecular formula is C8H15NaO3S. The van der Waals surface area contributed by atoms with Gasteiger partial charge in [0.15, 0.2) is 0 Å². The van der Waals surface area contributed by atoms with Crippen molar-refractivity contribution in [2.75, 3.05) is 12.9 Å². The Bertz CT molecular complexity index is 159. The molecule has 0 bridgehead atoms. The minimum Gasteiger partial charge on any atom is -0.772 e. The van der Waals surface area contributed by atoms with Crippen molar-refractivity contribution in [3.05, 3.63) is 0 Å². The molecule has 0 aromatic rings. The summed E-state index contributed by atoms with van der Waals surface area (Å²) >= 11 is -1.97. The van der Waals surface area contributed by atoms with Gasteiger partial charge in [-0.2, -0.15) is 0 Å². The molecule has 1 saturated carbocycles. The molecule has 0 aliphatic heterocycles. The van der Waals surface area contributed by atoms with Crippen LogP contribution in [-0.2, 0) is 15.8 Å². The minimum atomic E-state index is -1.97. The zero-order valence-electron chi connectivity index (χ0n) is 8.32. The Morgan fingerprint density at radius 3 is 2.46 bits per heavy atom. The maximum absolute atomic E-state index is 10.4. The Labute approximate surface area is 104 Å². The Kier molecular flexibility index (Phi) is 7.98. The minimum absolute atomic E-state index is 0. The van der Waals surface area contributed by atoms with E-state index in [4.69, 9.17) is 4.74 Å². The molecule has 13 heavy (non-hydrogen) atoms. The second-order valence-electron chi connectivity index (χ2n) is 3.29. The molecule has 2 atom stereocenters. The first-order chi connectivity index (χ1) is 5.74. The van der Waals surface area contributed by atoms with Gasteiger partial charge in [0.05, 0.1) is 6.10 Å². The molecule has 1 rings (SSSR count). The first-order valence-electron chi connectivity index (χ1n) is 4.32. The zero-order chi connectivity index (χ0) is 8.97. The van der Waals surface area contributed by atoms with Gasteiger partial charge in [0, 0.05) is 12.9 Å². The summed E-state index contributed by atoms with van der Waals surface area (Å²) in [4.78, 5) is 0. The Morgan fingerprint density at radius 2 is 2.08 bits per heavy atom. The Morgan fingerprint density at radius 1 is 1.54 bits per heavy atom. The van der Waals surface area contributed by atoms with E-state index in [1.54, 1.807) is 7.11 Å². The molecular weight excluding hydrogens is 199 g/mol. The zero-order valence-corrected chi connectivity index (χ0v) is 11.1. The Balaban J connectivity index is 0.00000144. The van der Waals surface area contributed by atoms with Gasteiger partial charge in [0.25, 0.3) is 0 Å². The van der Waals surface area contributed by atoms with Crippen LogP contribution in [0.3, 0.4) is 0 Å². The molecule has 2 unspecified atom stereocenters. The quantitative estimate of drug-likeness (QED) is 0.405. The van der Waals surface area contributed by atoms with E-state index in [0.717, 1.165) is 12.8 Å². The third kappa shape index (κ3) is 4.91. The molecule has 3 nitrogen and oxygen atoms in total. The van der Waals surface area contributed by atoms with Crippen LogP contribution in [0.2, 0.25) is 0 Å². The van der Waals surface area contributed by atoms with Gasteiger partial charge in [0.1, 0.15) is 0 Å². The number of hydrogen-bond acceptors (Lipinski definition) is 3. The molecule has 0 aromatic heterocycles. The third-order valence-electron chi connectivity index (χ3n) is 2.53. The normalized spacial score (nSPS) is 22.3. The van der Waals surface area contributed by atoms with Gasteiger partial charge in [-0.05, 0) is 18.8 Å². The summed E-state index contributed by atoms with van der Waals surface area (Å²) in [6.45, 7) is 0. The van der Waals surface area contributed by atoms with Crippen LogP contribution in [0.25, 0.3) is 0 Å². The summed E-state index contributed by atoms with van der Waals surface area (Å²) in [5.41, 5.74) is 0. The molecule has 0 heterocycles. The van der Waals surface area contributed by atoms with Gasteiger partial charge in [0.2, 0.25) is 0 Å². The second-order valence-corrected chi connectivity index (χ2v) is 4.23. The van der Waals surface area contributed by atoms with Crippen molar-refractivity contribution in [3.63, 3.8) is 0 Å². The van der Waals surface area contributed by atoms with Crippen LogP contribution in [0, 0.1) is 5.92 Å². The van der Waals surface area contributed by atoms with Gasteiger partial charge in [-0.25, -0.2) is 0 Å². The van der Waals surface area contributed by atoms with Crippen LogP contribution in [0.1, 0.15) is 25.7 Å². The summed E-state index contributed by atoms with van der Waals surface area (Å²) < 4.78 is 26.0. The first kappa shape index (κ1) is 14.1. The smallest absolute Gasteiger partial charge is 0.772 e. The van der Waals surface area contributed by atoms with E-state index in [1.165, 1.54) is 12.8 Å². The Hall–Kier alpha value is 1.07. The van der Waals surface area contributed by atoms with E-state index >= 15 is 0 Å². The van der Waals surface area contributed by atoms with Gasteiger partial charge in [-0.3, -0.25) is 4.21 Å². The molecule has 0 saturated heterocycles. The van der Waals surface area contributed by atoms with Crippen LogP contribution >= 0.6 is 0 Å². The molecule has 0 amide bonds. The SMILES string of the molecule is COC(CS(=O)[O-])C1CCCC1.[Na+]. The average molecular weight is 214 g/mol. The number of ether oxygens (including phenoxy) is 1. The van der Waals surface area contributed by atoms with E-state index in [9.17, 15) is 8.76 Å². The summed E-state index contributed by atoms with van der Waals surface area (Å²) in [5.74, 6) is 0.620. The maximum atomic E-state index is 10.4. The molecule has 0 aromatic carbocycles. The molecule has 1 aliphatic rings. The molecule has 72 valence electrons. The van der Waals surface area contributed by atoms with E-state index in [0.29, 0.717) is 5.92 Å². The standard InChI is InChI=1S/C8H16O3S.Na/c1-11-8(6-12(9)10)7-4-2-3-5-7;/h7-8H,2-6H2,1H3,(H,9,10);/q;+1/p-1. The fraction of sp³-hybridized carbons (Fsp3) is 1.00. The molecule has 0 spiro atoms. The topological polar surface area (TPSA) is 49.4 Å². The number of rotatable bonds is 4. The second kappa shape index (κ2) is 7.37. The molecule has 0 N–H and O–H groups in total. The van der Waals surface area contributed by atoms with E-state index < -0.39 is 11.1 Å². The van der Waals surface area contributed by atoms with Crippen molar-refractivity contribution in [2.45, 2.75) is 31.8 Å². The number of methoxy groups -OCH3 is 1. The van der Waals surface area contributed by atoms with Gasteiger partial charge >= 0.3 is 29.6 Å². The molecule has 5 heteroatoms. The average Bonchev–Trinajstić information content (AvgIpc) is 2.51. The van der Waals surface area contributed by atoms with E-state index in [2.05, 4.69) is 0 Å². The summed E-state index contributed by atoms with van der Waals surface area (Å²) in [6, 6.07) is 0. The maximum Gasteiger partial charge on any atom is 1.00 e. The third-order valence-corrected chi connectivity index (χ3v) is 3.13. The van der Waals surface area contributed by atoms with Crippen LogP contribution in [0.15, 0.2) is 0 Å². The van der Waals surface area contributed by atoms with Crippen LogP contribution in [0.4, 0.5) is 0 Å². The fourth-order valence-electron chi connectivity index (χ4n) is 1.86. The summed E-state index contributed by atoms with van der Waals surface area (Å²) in [7, 11) is 1.59. The van der Waals surface area contributed by atoms with E-state index in [1.807, 2.05) is 0 Å². The first-order valence-corrected chi connectivity index (χ1v) is 5.57. The monoisotopic (exact) mass is 214 g/mol. The largest absolute Gasteiger partial charge is 1.00 e. The van der Waals surface area contributed by atoms with E-state index in [-0.39, 0.29) is 41.4 Å². The van der Waals surface area contributed by atoms with Crippen molar-refractivity contribution in [1.82, 2.24) is 0 Å². The van der Waals surface area contributed by atoms with Crippen LogP contribution in [-0.4, -0.2) is 27.7 Å². The van der Waals surface area contributed by atoms with Crippen LogP contribution < -0.4 is 29.6 Å². The summed E-state index contributed by atoms with van der Waals surface area (Å²) in [6.07, 6.45) is 4.60. The van der Waals surface area contributed by atoms with Gasteiger partial charge < -0.3 is 9.29 Å². The van der Waals surface area contributed by atoms with Crippen LogP contribution in [0.5, 0.6) is 0 Å². The van der Waals surface area contributed by atoms with Crippen molar-refractivity contribution >= 4 is 11.1 Å². The van der Waals surface area contributed by atoms with Crippen molar-refractivity contribution < 1.29 is 43.1 Å². The van der Waals surface area contributed by atoms with Gasteiger partial charge in [-0.1, -0.05) is 23.9 Å². The fourth-order valence-corrected chi connectivity index (χ4v) is 2.54. The van der Waals surface area contributed by atoms with Crippen molar-refractivity contribution in [2.24, 2.45) is 5.92 Å². The summed E-state index contributed by atoms with van der Waals surface area (Å²) in [5, 5.41) is 0. The van der Waals surface area contributed by atoms with Gasteiger partial charge in [-0.15, -0.1) is 0 Å². The molecule has 0 radical (unpaired) electrons. The molecule has 1 aliphatic carbocycles. The predicted molar refractivity (Wildman–Crippen MR) is 46.5 cm³/mol. The molecule has 1 fully saturated rings. The number of hydrogen-bond donors (Lipinski definition) is 0. The van der Waals surface area contributed by atoms with Crippen molar-refractivity contribution in [3.8, 4) is 0 Å². The predicted octanol–water partition coefficient (Wildman–Crippen LogP) is -1.93. The van der Waals surface area contributed by atoms with Crippen molar-refractivity contribution in [1.29, 1.82) is 0 Å².